The molecule has 0 saturated carbocycles. The van der Waals surface area contributed by atoms with Crippen LogP contribution in [0.2, 0.25) is 0 Å². The van der Waals surface area contributed by atoms with Gasteiger partial charge >= 0.3 is 0 Å². The molecule has 1 fully saturated rings. The molecule has 3 rings (SSSR count). The quantitative estimate of drug-likeness (QED) is 0.823. The van der Waals surface area contributed by atoms with Crippen molar-refractivity contribution >= 4 is 22.2 Å². The summed E-state index contributed by atoms with van der Waals surface area (Å²) in [5.41, 5.74) is 1.93. The smallest absolute Gasteiger partial charge is 0.230 e. The van der Waals surface area contributed by atoms with Crippen molar-refractivity contribution in [3.05, 3.63) is 16.0 Å². The molecule has 2 heterocycles. The van der Waals surface area contributed by atoms with Crippen LogP contribution < -0.4 is 10.2 Å². The Morgan fingerprint density at radius 1 is 1.29 bits per heavy atom. The minimum Gasteiger partial charge on any atom is -0.334 e. The van der Waals surface area contributed by atoms with E-state index < -0.39 is 0 Å². The second-order valence-electron chi connectivity index (χ2n) is 7.36. The zero-order valence-corrected chi connectivity index (χ0v) is 15.4. The molecular weight excluding hydrogens is 318 g/mol. The molecule has 0 unspecified atom stereocenters. The van der Waals surface area contributed by atoms with Crippen LogP contribution in [0.25, 0.3) is 0 Å². The first-order valence-electron chi connectivity index (χ1n) is 9.35. The molecular formula is C19H28N3OS+. The molecule has 1 aromatic heterocycles. The minimum absolute atomic E-state index is 0.0639. The summed E-state index contributed by atoms with van der Waals surface area (Å²) in [5, 5.41) is 13.3. The SMILES string of the molecule is CC1CC[NH+](CCC(=O)Nc2sc3c(c2C#N)CCCCC3)CC1. The third kappa shape index (κ3) is 4.17. The molecule has 0 aromatic carbocycles. The van der Waals surface area contributed by atoms with Gasteiger partial charge in [0.25, 0.3) is 0 Å². The fourth-order valence-electron chi connectivity index (χ4n) is 3.85. The Labute approximate surface area is 148 Å². The van der Waals surface area contributed by atoms with Crippen molar-refractivity contribution in [3.8, 4) is 6.07 Å². The number of hydrogen-bond donors (Lipinski definition) is 2. The summed E-state index contributed by atoms with van der Waals surface area (Å²) in [6, 6.07) is 2.34. The van der Waals surface area contributed by atoms with Crippen molar-refractivity contribution in [2.24, 2.45) is 5.92 Å². The first-order chi connectivity index (χ1) is 11.7. The first kappa shape index (κ1) is 17.4. The average molecular weight is 347 g/mol. The second-order valence-corrected chi connectivity index (χ2v) is 8.47. The Balaban J connectivity index is 1.57. The number of rotatable bonds is 4. The van der Waals surface area contributed by atoms with Gasteiger partial charge in [0.15, 0.2) is 0 Å². The van der Waals surface area contributed by atoms with Gasteiger partial charge in [-0.15, -0.1) is 11.3 Å². The summed E-state index contributed by atoms with van der Waals surface area (Å²) >= 11 is 1.63. The van der Waals surface area contributed by atoms with Gasteiger partial charge in [-0.25, -0.2) is 0 Å². The number of nitrogens with zero attached hydrogens (tertiary/aromatic N) is 1. The first-order valence-corrected chi connectivity index (χ1v) is 10.2. The number of carbonyl (C=O) groups is 1. The Morgan fingerprint density at radius 2 is 2.04 bits per heavy atom. The molecule has 1 aromatic rings. The van der Waals surface area contributed by atoms with E-state index in [1.54, 1.807) is 16.2 Å². The van der Waals surface area contributed by atoms with Crippen LogP contribution in [0, 0.1) is 17.2 Å². The normalized spacial score (nSPS) is 23.8. The molecule has 0 atom stereocenters. The lowest BCUT2D eigenvalue weighted by Crippen LogP contribution is -3.13. The third-order valence-corrected chi connectivity index (χ3v) is 6.68. The van der Waals surface area contributed by atoms with Gasteiger partial charge in [-0.2, -0.15) is 5.26 Å². The number of aryl methyl sites for hydroxylation is 1. The van der Waals surface area contributed by atoms with E-state index in [1.165, 1.54) is 49.2 Å². The number of fused-ring (bicyclic) bond motifs is 1. The Hall–Kier alpha value is -1.38. The number of nitriles is 1. The summed E-state index contributed by atoms with van der Waals surface area (Å²) in [7, 11) is 0. The van der Waals surface area contributed by atoms with Crippen molar-refractivity contribution in [2.45, 2.75) is 58.3 Å². The van der Waals surface area contributed by atoms with E-state index in [9.17, 15) is 10.1 Å². The van der Waals surface area contributed by atoms with Crippen molar-refractivity contribution in [2.75, 3.05) is 25.0 Å². The standard InChI is InChI=1S/C19H27N3OS/c1-14-7-10-22(11-8-14)12-9-18(23)21-19-16(13-20)15-5-3-2-4-6-17(15)24-19/h14H,2-12H2,1H3,(H,21,23)/p+1. The highest BCUT2D eigenvalue weighted by Crippen LogP contribution is 2.36. The van der Waals surface area contributed by atoms with Gasteiger partial charge in [-0.3, -0.25) is 4.79 Å². The van der Waals surface area contributed by atoms with Crippen LogP contribution in [-0.2, 0) is 17.6 Å². The largest absolute Gasteiger partial charge is 0.334 e. The molecule has 0 spiro atoms. The van der Waals surface area contributed by atoms with Crippen LogP contribution >= 0.6 is 11.3 Å². The fourth-order valence-corrected chi connectivity index (χ4v) is 5.10. The van der Waals surface area contributed by atoms with Gasteiger partial charge in [0.2, 0.25) is 5.91 Å². The molecule has 2 aliphatic rings. The van der Waals surface area contributed by atoms with E-state index >= 15 is 0 Å². The van der Waals surface area contributed by atoms with Crippen molar-refractivity contribution in [3.63, 3.8) is 0 Å². The molecule has 4 nitrogen and oxygen atoms in total. The number of quaternary nitrogens is 1. The zero-order chi connectivity index (χ0) is 16.9. The molecule has 130 valence electrons. The zero-order valence-electron chi connectivity index (χ0n) is 14.6. The van der Waals surface area contributed by atoms with Gasteiger partial charge in [-0.1, -0.05) is 13.3 Å². The number of hydrogen-bond acceptors (Lipinski definition) is 3. The van der Waals surface area contributed by atoms with E-state index in [-0.39, 0.29) is 5.91 Å². The number of nitrogens with one attached hydrogen (secondary N) is 2. The van der Waals surface area contributed by atoms with Gasteiger partial charge < -0.3 is 10.2 Å². The van der Waals surface area contributed by atoms with Crippen LogP contribution in [0.3, 0.4) is 0 Å². The lowest BCUT2D eigenvalue weighted by Gasteiger charge is -2.27. The van der Waals surface area contributed by atoms with E-state index in [2.05, 4.69) is 18.3 Å². The molecule has 5 heteroatoms. The summed E-state index contributed by atoms with van der Waals surface area (Å²) in [5.74, 6) is 0.899. The summed E-state index contributed by atoms with van der Waals surface area (Å²) in [4.78, 5) is 15.2. The summed E-state index contributed by atoms with van der Waals surface area (Å²) in [6.07, 6.45) is 8.73. The molecule has 24 heavy (non-hydrogen) atoms. The van der Waals surface area contributed by atoms with Gasteiger partial charge in [0.05, 0.1) is 31.6 Å². The topological polar surface area (TPSA) is 57.3 Å². The van der Waals surface area contributed by atoms with Crippen LogP contribution in [0.1, 0.15) is 61.5 Å². The number of likely N-dealkylation sites (tertiary alicyclic amines) is 1. The number of anilines is 1. The molecule has 2 N–H and O–H groups in total. The van der Waals surface area contributed by atoms with Crippen LogP contribution in [0.5, 0.6) is 0 Å². The van der Waals surface area contributed by atoms with E-state index in [4.69, 9.17) is 0 Å². The fraction of sp³-hybridized carbons (Fsp3) is 0.684. The summed E-state index contributed by atoms with van der Waals surface area (Å²) < 4.78 is 0. The van der Waals surface area contributed by atoms with Crippen molar-refractivity contribution < 1.29 is 9.69 Å². The third-order valence-electron chi connectivity index (χ3n) is 5.47. The van der Waals surface area contributed by atoms with E-state index in [0.717, 1.165) is 42.3 Å². The van der Waals surface area contributed by atoms with Crippen LogP contribution in [-0.4, -0.2) is 25.5 Å². The Bertz CT molecular complexity index is 623. The van der Waals surface area contributed by atoms with Gasteiger partial charge in [0.1, 0.15) is 11.1 Å². The molecule has 0 bridgehead atoms. The molecule has 1 saturated heterocycles. The number of amides is 1. The maximum absolute atomic E-state index is 12.3. The Morgan fingerprint density at radius 3 is 2.79 bits per heavy atom. The number of carbonyl (C=O) groups excluding carboxylic acids is 1. The number of thiophene rings is 1. The predicted molar refractivity (Wildman–Crippen MR) is 97.5 cm³/mol. The Kier molecular flexibility index (Phi) is 5.91. The molecule has 0 radical (unpaired) electrons. The highest BCUT2D eigenvalue weighted by atomic mass is 32.1. The van der Waals surface area contributed by atoms with Gasteiger partial charge in [0, 0.05) is 4.88 Å². The molecule has 1 aliphatic heterocycles. The average Bonchev–Trinajstić information content (AvgIpc) is 2.74. The highest BCUT2D eigenvalue weighted by molar-refractivity contribution is 7.16. The van der Waals surface area contributed by atoms with Gasteiger partial charge in [-0.05, 0) is 50.0 Å². The predicted octanol–water partition coefficient (Wildman–Crippen LogP) is 2.53. The van der Waals surface area contributed by atoms with E-state index in [1.807, 2.05) is 0 Å². The molecule has 1 amide bonds. The number of piperidine rings is 1. The molecule has 1 aliphatic carbocycles. The van der Waals surface area contributed by atoms with E-state index in [0.29, 0.717) is 6.42 Å². The monoisotopic (exact) mass is 346 g/mol. The maximum atomic E-state index is 12.3. The highest BCUT2D eigenvalue weighted by Gasteiger charge is 2.22. The summed E-state index contributed by atoms with van der Waals surface area (Å²) in [6.45, 7) is 5.59. The van der Waals surface area contributed by atoms with Crippen molar-refractivity contribution in [1.82, 2.24) is 0 Å². The van der Waals surface area contributed by atoms with Crippen molar-refractivity contribution in [1.29, 1.82) is 5.26 Å². The minimum atomic E-state index is 0.0639. The lowest BCUT2D eigenvalue weighted by atomic mass is 9.99. The maximum Gasteiger partial charge on any atom is 0.230 e. The lowest BCUT2D eigenvalue weighted by molar-refractivity contribution is -0.905. The second kappa shape index (κ2) is 8.13. The van der Waals surface area contributed by atoms with Crippen LogP contribution in [0.4, 0.5) is 5.00 Å². The van der Waals surface area contributed by atoms with Crippen LogP contribution in [0.15, 0.2) is 0 Å².